The van der Waals surface area contributed by atoms with E-state index in [9.17, 15) is 14.7 Å². The number of amides is 1. The van der Waals surface area contributed by atoms with Crippen LogP contribution < -0.4 is 20.1 Å². The lowest BCUT2D eigenvalue weighted by Gasteiger charge is -2.39. The molecule has 7 nitrogen and oxygen atoms in total. The molecule has 0 bridgehead atoms. The van der Waals surface area contributed by atoms with Crippen molar-refractivity contribution in [2.45, 2.75) is 46.5 Å². The van der Waals surface area contributed by atoms with Crippen LogP contribution in [0.1, 0.15) is 52.0 Å². The normalized spacial score (nSPS) is 19.1. The SMILES string of the molecule is CCOc1cc(C2C(C(=O)Nc3ccccc3OC)=C(C)NC3=C2C(=O)CC(C)(C)C3)ccc1O. The number of allylic oxidation sites excluding steroid dienone is 3. The van der Waals surface area contributed by atoms with E-state index in [4.69, 9.17) is 9.47 Å². The first-order valence-corrected chi connectivity index (χ1v) is 11.8. The number of phenolic OH excluding ortho intramolecular Hbond substituents is 1. The van der Waals surface area contributed by atoms with Gasteiger partial charge in [-0.15, -0.1) is 0 Å². The van der Waals surface area contributed by atoms with Crippen molar-refractivity contribution in [1.82, 2.24) is 5.32 Å². The van der Waals surface area contributed by atoms with Gasteiger partial charge in [-0.2, -0.15) is 0 Å². The monoisotopic (exact) mass is 476 g/mol. The highest BCUT2D eigenvalue weighted by Crippen LogP contribution is 2.48. The second-order valence-electron chi connectivity index (χ2n) is 9.74. The van der Waals surface area contributed by atoms with Crippen LogP contribution in [0.2, 0.25) is 0 Å². The van der Waals surface area contributed by atoms with Crippen molar-refractivity contribution in [3.05, 3.63) is 70.6 Å². The topological polar surface area (TPSA) is 96.9 Å². The number of hydrogen-bond donors (Lipinski definition) is 3. The summed E-state index contributed by atoms with van der Waals surface area (Å²) in [5.41, 5.74) is 3.61. The number of rotatable bonds is 6. The van der Waals surface area contributed by atoms with E-state index in [1.54, 1.807) is 37.4 Å². The zero-order chi connectivity index (χ0) is 25.3. The Morgan fingerprint density at radius 3 is 2.63 bits per heavy atom. The number of Topliss-reactive ketones (excluding diaryl/α,β-unsaturated/α-hetero) is 1. The maximum atomic E-state index is 13.7. The van der Waals surface area contributed by atoms with E-state index < -0.39 is 5.92 Å². The minimum absolute atomic E-state index is 0.00914. The molecular formula is C28H32N2O5. The fourth-order valence-electron chi connectivity index (χ4n) is 4.99. The van der Waals surface area contributed by atoms with Gasteiger partial charge >= 0.3 is 0 Å². The fourth-order valence-corrected chi connectivity index (χ4v) is 4.99. The van der Waals surface area contributed by atoms with E-state index in [1.165, 1.54) is 0 Å². The van der Waals surface area contributed by atoms with Gasteiger partial charge in [0.1, 0.15) is 5.75 Å². The van der Waals surface area contributed by atoms with Crippen molar-refractivity contribution in [2.75, 3.05) is 19.0 Å². The Bertz CT molecular complexity index is 1240. The molecule has 1 aliphatic carbocycles. The number of aromatic hydroxyl groups is 1. The molecule has 2 aromatic rings. The number of ether oxygens (including phenoxy) is 2. The molecule has 0 saturated heterocycles. The van der Waals surface area contributed by atoms with E-state index in [2.05, 4.69) is 24.5 Å². The van der Waals surface area contributed by atoms with E-state index in [1.807, 2.05) is 26.0 Å². The number of hydrogen-bond acceptors (Lipinski definition) is 6. The number of nitrogens with one attached hydrogen (secondary N) is 2. The zero-order valence-corrected chi connectivity index (χ0v) is 20.8. The van der Waals surface area contributed by atoms with Gasteiger partial charge in [0, 0.05) is 34.9 Å². The lowest BCUT2D eigenvalue weighted by atomic mass is 9.68. The molecule has 4 rings (SSSR count). The molecule has 0 aromatic heterocycles. The van der Waals surface area contributed by atoms with E-state index in [-0.39, 0.29) is 22.9 Å². The maximum Gasteiger partial charge on any atom is 0.254 e. The summed E-state index contributed by atoms with van der Waals surface area (Å²) in [5, 5.41) is 16.6. The third kappa shape index (κ3) is 4.76. The minimum Gasteiger partial charge on any atom is -0.504 e. The summed E-state index contributed by atoms with van der Waals surface area (Å²) in [6.07, 6.45) is 1.08. The van der Waals surface area contributed by atoms with E-state index >= 15 is 0 Å². The van der Waals surface area contributed by atoms with Gasteiger partial charge in [0.25, 0.3) is 5.91 Å². The predicted molar refractivity (Wildman–Crippen MR) is 135 cm³/mol. The van der Waals surface area contributed by atoms with Crippen molar-refractivity contribution < 1.29 is 24.2 Å². The lowest BCUT2D eigenvalue weighted by Crippen LogP contribution is -2.39. The van der Waals surface area contributed by atoms with Crippen molar-refractivity contribution in [2.24, 2.45) is 5.41 Å². The summed E-state index contributed by atoms with van der Waals surface area (Å²) in [4.78, 5) is 27.2. The molecule has 0 spiro atoms. The number of dihydropyridines is 1. The summed E-state index contributed by atoms with van der Waals surface area (Å²) in [6.45, 7) is 8.20. The Balaban J connectivity index is 1.84. The van der Waals surface area contributed by atoms with E-state index in [0.29, 0.717) is 59.0 Å². The molecule has 0 fully saturated rings. The van der Waals surface area contributed by atoms with Crippen molar-refractivity contribution >= 4 is 17.4 Å². The van der Waals surface area contributed by atoms with Gasteiger partial charge in [-0.05, 0) is 55.5 Å². The molecule has 1 amide bonds. The highest BCUT2D eigenvalue weighted by molar-refractivity contribution is 6.10. The highest BCUT2D eigenvalue weighted by atomic mass is 16.5. The lowest BCUT2D eigenvalue weighted by molar-refractivity contribution is -0.118. The molecular weight excluding hydrogens is 444 g/mol. The first kappa shape index (κ1) is 24.4. The van der Waals surface area contributed by atoms with Crippen LogP contribution in [0, 0.1) is 5.41 Å². The Morgan fingerprint density at radius 2 is 1.91 bits per heavy atom. The largest absolute Gasteiger partial charge is 0.504 e. The average Bonchev–Trinajstić information content (AvgIpc) is 2.79. The first-order valence-electron chi connectivity index (χ1n) is 11.8. The number of carbonyl (C=O) groups is 2. The van der Waals surface area contributed by atoms with Crippen LogP contribution in [0.25, 0.3) is 0 Å². The Hall–Kier alpha value is -3.74. The van der Waals surface area contributed by atoms with Crippen molar-refractivity contribution in [3.8, 4) is 17.2 Å². The Kier molecular flexibility index (Phi) is 6.61. The van der Waals surface area contributed by atoms with Crippen LogP contribution in [0.4, 0.5) is 5.69 Å². The number of ketones is 1. The molecule has 7 heteroatoms. The zero-order valence-electron chi connectivity index (χ0n) is 20.8. The summed E-state index contributed by atoms with van der Waals surface area (Å²) >= 11 is 0. The number of carbonyl (C=O) groups excluding carboxylic acids is 2. The van der Waals surface area contributed by atoms with Gasteiger partial charge in [-0.1, -0.05) is 32.0 Å². The molecule has 35 heavy (non-hydrogen) atoms. The molecule has 2 aromatic carbocycles. The van der Waals surface area contributed by atoms with Crippen LogP contribution in [0.3, 0.4) is 0 Å². The second kappa shape index (κ2) is 9.49. The molecule has 0 saturated carbocycles. The van der Waals surface area contributed by atoms with Crippen LogP contribution in [-0.4, -0.2) is 30.5 Å². The van der Waals surface area contributed by atoms with Gasteiger partial charge in [0.15, 0.2) is 17.3 Å². The fraction of sp³-hybridized carbons (Fsp3) is 0.357. The van der Waals surface area contributed by atoms with Crippen LogP contribution in [0.15, 0.2) is 65.0 Å². The first-order chi connectivity index (χ1) is 16.6. The summed E-state index contributed by atoms with van der Waals surface area (Å²) in [6, 6.07) is 12.2. The predicted octanol–water partition coefficient (Wildman–Crippen LogP) is 5.04. The van der Waals surface area contributed by atoms with Gasteiger partial charge in [0.05, 0.1) is 19.4 Å². The van der Waals surface area contributed by atoms with Gasteiger partial charge in [-0.3, -0.25) is 9.59 Å². The summed E-state index contributed by atoms with van der Waals surface area (Å²) in [7, 11) is 1.55. The summed E-state index contributed by atoms with van der Waals surface area (Å²) in [5.74, 6) is -0.0657. The second-order valence-corrected chi connectivity index (χ2v) is 9.74. The number of benzene rings is 2. The molecule has 1 atom stereocenters. The van der Waals surface area contributed by atoms with E-state index in [0.717, 1.165) is 5.70 Å². The van der Waals surface area contributed by atoms with Gasteiger partial charge < -0.3 is 25.2 Å². The van der Waals surface area contributed by atoms with Gasteiger partial charge in [-0.25, -0.2) is 0 Å². The quantitative estimate of drug-likeness (QED) is 0.540. The van der Waals surface area contributed by atoms with Crippen LogP contribution >= 0.6 is 0 Å². The van der Waals surface area contributed by atoms with Crippen molar-refractivity contribution in [3.63, 3.8) is 0 Å². The Morgan fingerprint density at radius 1 is 1.17 bits per heavy atom. The van der Waals surface area contributed by atoms with Gasteiger partial charge in [0.2, 0.25) is 0 Å². The molecule has 1 heterocycles. The highest BCUT2D eigenvalue weighted by Gasteiger charge is 2.43. The number of methoxy groups -OCH3 is 1. The smallest absolute Gasteiger partial charge is 0.254 e. The summed E-state index contributed by atoms with van der Waals surface area (Å²) < 4.78 is 11.0. The number of phenols is 1. The third-order valence-corrected chi connectivity index (χ3v) is 6.46. The molecule has 184 valence electrons. The number of para-hydroxylation sites is 2. The van der Waals surface area contributed by atoms with Crippen LogP contribution in [-0.2, 0) is 9.59 Å². The number of anilines is 1. The molecule has 2 aliphatic rings. The van der Waals surface area contributed by atoms with Crippen molar-refractivity contribution in [1.29, 1.82) is 0 Å². The molecule has 1 aliphatic heterocycles. The third-order valence-electron chi connectivity index (χ3n) is 6.46. The average molecular weight is 477 g/mol. The Labute approximate surface area is 205 Å². The minimum atomic E-state index is -0.607. The maximum absolute atomic E-state index is 13.7. The van der Waals surface area contributed by atoms with Crippen LogP contribution in [0.5, 0.6) is 17.2 Å². The standard InChI is InChI=1S/C28H32N2O5/c1-6-35-23-13-17(11-12-20(23)31)25-24(27(33)30-18-9-7-8-10-22(18)34-5)16(2)29-19-14-28(3,4)15-21(32)26(19)25/h7-13,25,29,31H,6,14-15H2,1-5H3,(H,30,33). The molecule has 1 unspecified atom stereocenters. The molecule has 0 radical (unpaired) electrons. The molecule has 3 N–H and O–H groups in total.